The first-order valence-corrected chi connectivity index (χ1v) is 6.06. The average molecular weight is 241 g/mol. The number of carboxylic acids is 1. The summed E-state index contributed by atoms with van der Waals surface area (Å²) in [4.78, 5) is 17.4. The fourth-order valence-electron chi connectivity index (χ4n) is 2.36. The highest BCUT2D eigenvalue weighted by Crippen LogP contribution is 2.37. The predicted octanol–water partition coefficient (Wildman–Crippen LogP) is 1.62. The van der Waals surface area contributed by atoms with Gasteiger partial charge in [-0.25, -0.2) is 9.78 Å². The number of carboxylic acid groups (broad SMARTS) is 1. The van der Waals surface area contributed by atoms with Crippen LogP contribution in [0.25, 0.3) is 0 Å². The van der Waals surface area contributed by atoms with Gasteiger partial charge in [0.05, 0.1) is 0 Å². The molecule has 5 nitrogen and oxygen atoms in total. The molecule has 88 valence electrons. The van der Waals surface area contributed by atoms with Crippen molar-refractivity contribution in [3.8, 4) is 0 Å². The van der Waals surface area contributed by atoms with Gasteiger partial charge in [-0.2, -0.15) is 4.37 Å². The molecule has 0 saturated carbocycles. The first-order valence-electron chi connectivity index (χ1n) is 5.28. The first-order chi connectivity index (χ1) is 7.52. The minimum atomic E-state index is -0.778. The lowest BCUT2D eigenvalue weighted by molar-refractivity contribution is -0.142. The molecule has 1 atom stereocenters. The number of rotatable bonds is 2. The normalized spacial score (nSPS) is 24.4. The van der Waals surface area contributed by atoms with Crippen molar-refractivity contribution in [3.05, 3.63) is 6.33 Å². The number of nitrogens with zero attached hydrogens (tertiary/aromatic N) is 3. The lowest BCUT2D eigenvalue weighted by Crippen LogP contribution is -2.54. The molecule has 0 radical (unpaired) electrons. The lowest BCUT2D eigenvalue weighted by atomic mass is 9.76. The maximum atomic E-state index is 11.4. The summed E-state index contributed by atoms with van der Waals surface area (Å²) in [6.07, 6.45) is 3.40. The molecule has 0 spiro atoms. The van der Waals surface area contributed by atoms with Gasteiger partial charge in [0.15, 0.2) is 0 Å². The molecule has 1 fully saturated rings. The maximum Gasteiger partial charge on any atom is 0.326 e. The highest BCUT2D eigenvalue weighted by Gasteiger charge is 2.43. The Labute approximate surface area is 98.3 Å². The van der Waals surface area contributed by atoms with Crippen molar-refractivity contribution in [1.29, 1.82) is 0 Å². The average Bonchev–Trinajstić information content (AvgIpc) is 2.67. The van der Waals surface area contributed by atoms with E-state index in [4.69, 9.17) is 0 Å². The summed E-state index contributed by atoms with van der Waals surface area (Å²) in [5.74, 6) is -0.778. The highest BCUT2D eigenvalue weighted by atomic mass is 32.1. The molecule has 1 aliphatic rings. The van der Waals surface area contributed by atoms with E-state index in [1.807, 2.05) is 18.7 Å². The molecule has 0 aliphatic carbocycles. The number of piperidine rings is 1. The van der Waals surface area contributed by atoms with E-state index < -0.39 is 12.0 Å². The van der Waals surface area contributed by atoms with Gasteiger partial charge in [0.2, 0.25) is 5.13 Å². The third kappa shape index (κ3) is 1.89. The van der Waals surface area contributed by atoms with E-state index in [1.54, 1.807) is 0 Å². The fraction of sp³-hybridized carbons (Fsp3) is 0.700. The summed E-state index contributed by atoms with van der Waals surface area (Å²) in [6.45, 7) is 4.74. The van der Waals surface area contributed by atoms with Crippen molar-refractivity contribution in [2.24, 2.45) is 5.41 Å². The molecule has 2 rings (SSSR count). The van der Waals surface area contributed by atoms with Gasteiger partial charge in [0.25, 0.3) is 0 Å². The molecule has 2 heterocycles. The van der Waals surface area contributed by atoms with Gasteiger partial charge in [0.1, 0.15) is 12.4 Å². The van der Waals surface area contributed by atoms with Crippen molar-refractivity contribution in [2.75, 3.05) is 11.4 Å². The first kappa shape index (κ1) is 11.3. The van der Waals surface area contributed by atoms with Crippen molar-refractivity contribution in [1.82, 2.24) is 9.36 Å². The molecule has 1 unspecified atom stereocenters. The summed E-state index contributed by atoms with van der Waals surface area (Å²) in [7, 11) is 0. The van der Waals surface area contributed by atoms with Crippen LogP contribution in [0.1, 0.15) is 26.7 Å². The standard InChI is InChI=1S/C10H15N3O2S/c1-10(2)4-3-5-13(7(10)8(14)15)9-11-6-12-16-9/h6-7H,3-5H2,1-2H3,(H,14,15). The second-order valence-corrected chi connectivity index (χ2v) is 5.51. The van der Waals surface area contributed by atoms with E-state index in [0.29, 0.717) is 5.13 Å². The number of carbonyl (C=O) groups is 1. The Morgan fingerprint density at radius 3 is 3.00 bits per heavy atom. The van der Waals surface area contributed by atoms with Gasteiger partial charge >= 0.3 is 5.97 Å². The quantitative estimate of drug-likeness (QED) is 0.852. The minimum Gasteiger partial charge on any atom is -0.480 e. The van der Waals surface area contributed by atoms with E-state index in [2.05, 4.69) is 9.36 Å². The molecule has 0 aromatic carbocycles. The third-order valence-corrected chi connectivity index (χ3v) is 3.80. The second-order valence-electron chi connectivity index (χ2n) is 4.75. The zero-order valence-corrected chi connectivity index (χ0v) is 10.2. The van der Waals surface area contributed by atoms with Gasteiger partial charge in [-0.05, 0) is 18.3 Å². The number of aliphatic carboxylic acids is 1. The molecule has 1 N–H and O–H groups in total. The molecule has 1 saturated heterocycles. The topological polar surface area (TPSA) is 66.3 Å². The molecule has 0 amide bonds. The van der Waals surface area contributed by atoms with Gasteiger partial charge in [-0.1, -0.05) is 13.8 Å². The van der Waals surface area contributed by atoms with Crippen LogP contribution in [0.4, 0.5) is 5.13 Å². The monoisotopic (exact) mass is 241 g/mol. The predicted molar refractivity (Wildman–Crippen MR) is 61.7 cm³/mol. The zero-order valence-electron chi connectivity index (χ0n) is 9.38. The Morgan fingerprint density at radius 2 is 2.44 bits per heavy atom. The Morgan fingerprint density at radius 1 is 1.69 bits per heavy atom. The minimum absolute atomic E-state index is 0.226. The Bertz CT molecular complexity index is 377. The summed E-state index contributed by atoms with van der Waals surface area (Å²) in [6, 6.07) is -0.505. The maximum absolute atomic E-state index is 11.4. The van der Waals surface area contributed by atoms with Gasteiger partial charge < -0.3 is 10.0 Å². The summed E-state index contributed by atoms with van der Waals surface area (Å²) >= 11 is 1.25. The van der Waals surface area contributed by atoms with Crippen LogP contribution >= 0.6 is 11.5 Å². The van der Waals surface area contributed by atoms with Crippen molar-refractivity contribution in [2.45, 2.75) is 32.7 Å². The molecule has 0 bridgehead atoms. The highest BCUT2D eigenvalue weighted by molar-refractivity contribution is 7.09. The summed E-state index contributed by atoms with van der Waals surface area (Å²) in [5, 5.41) is 10.1. The second kappa shape index (κ2) is 4.01. The van der Waals surface area contributed by atoms with E-state index in [0.717, 1.165) is 19.4 Å². The van der Waals surface area contributed by atoms with E-state index in [1.165, 1.54) is 17.9 Å². The van der Waals surface area contributed by atoms with E-state index in [9.17, 15) is 9.90 Å². The molecule has 1 aromatic rings. The van der Waals surface area contributed by atoms with Gasteiger partial charge in [-0.3, -0.25) is 0 Å². The van der Waals surface area contributed by atoms with Crippen LogP contribution in [-0.2, 0) is 4.79 Å². The van der Waals surface area contributed by atoms with Gasteiger partial charge in [-0.15, -0.1) is 0 Å². The van der Waals surface area contributed by atoms with Crippen LogP contribution in [0.5, 0.6) is 0 Å². The van der Waals surface area contributed by atoms with Crippen LogP contribution in [0, 0.1) is 5.41 Å². The Kier molecular flexibility index (Phi) is 2.84. The molecule has 6 heteroatoms. The SMILES string of the molecule is CC1(C)CCCN(c2ncns2)C1C(=O)O. The molecule has 1 aromatic heterocycles. The molecular weight excluding hydrogens is 226 g/mol. The number of hydrogen-bond donors (Lipinski definition) is 1. The van der Waals surface area contributed by atoms with Crippen molar-refractivity contribution in [3.63, 3.8) is 0 Å². The van der Waals surface area contributed by atoms with Crippen molar-refractivity contribution >= 4 is 22.6 Å². The molecular formula is C10H15N3O2S. The Hall–Kier alpha value is -1.17. The molecule has 1 aliphatic heterocycles. The lowest BCUT2D eigenvalue weighted by Gasteiger charge is -2.43. The van der Waals surface area contributed by atoms with E-state index >= 15 is 0 Å². The van der Waals surface area contributed by atoms with Crippen LogP contribution in [0.15, 0.2) is 6.33 Å². The zero-order chi connectivity index (χ0) is 11.8. The molecule has 16 heavy (non-hydrogen) atoms. The summed E-state index contributed by atoms with van der Waals surface area (Å²) < 4.78 is 3.93. The fourth-order valence-corrected chi connectivity index (χ4v) is 2.94. The smallest absolute Gasteiger partial charge is 0.326 e. The van der Waals surface area contributed by atoms with Crippen LogP contribution in [0.2, 0.25) is 0 Å². The third-order valence-electron chi connectivity index (χ3n) is 3.10. The van der Waals surface area contributed by atoms with Crippen LogP contribution in [0.3, 0.4) is 0 Å². The van der Waals surface area contributed by atoms with Crippen molar-refractivity contribution < 1.29 is 9.90 Å². The Balaban J connectivity index is 2.33. The number of anilines is 1. The van der Waals surface area contributed by atoms with Crippen LogP contribution < -0.4 is 4.90 Å². The van der Waals surface area contributed by atoms with E-state index in [-0.39, 0.29) is 5.41 Å². The number of aromatic nitrogens is 2. The van der Waals surface area contributed by atoms with Gasteiger partial charge in [0, 0.05) is 18.1 Å². The summed E-state index contributed by atoms with van der Waals surface area (Å²) in [5.41, 5.74) is -0.226. The number of hydrogen-bond acceptors (Lipinski definition) is 5. The largest absolute Gasteiger partial charge is 0.480 e. The van der Waals surface area contributed by atoms with Crippen LogP contribution in [-0.4, -0.2) is 33.0 Å².